The van der Waals surface area contributed by atoms with Crippen molar-refractivity contribution in [3.63, 3.8) is 0 Å². The van der Waals surface area contributed by atoms with Crippen molar-refractivity contribution < 1.29 is 19.4 Å². The Labute approximate surface area is 113 Å². The molecule has 1 aliphatic rings. The van der Waals surface area contributed by atoms with Gasteiger partial charge in [0.1, 0.15) is 0 Å². The predicted molar refractivity (Wildman–Crippen MR) is 71.8 cm³/mol. The van der Waals surface area contributed by atoms with Crippen LogP contribution in [0, 0.1) is 0 Å². The Hall–Kier alpha value is -1.62. The van der Waals surface area contributed by atoms with Gasteiger partial charge in [0.25, 0.3) is 0 Å². The van der Waals surface area contributed by atoms with Crippen molar-refractivity contribution in [3.8, 4) is 0 Å². The van der Waals surface area contributed by atoms with Crippen molar-refractivity contribution in [2.45, 2.75) is 38.1 Å². The van der Waals surface area contributed by atoms with Gasteiger partial charge in [-0.25, -0.2) is 4.79 Å². The molecule has 5 nitrogen and oxygen atoms in total. The van der Waals surface area contributed by atoms with E-state index in [2.05, 4.69) is 18.0 Å². The molecule has 1 aliphatic carbocycles. The zero-order chi connectivity index (χ0) is 14.1. The number of nitrogens with one attached hydrogen (secondary N) is 1. The molecule has 0 aliphatic heterocycles. The van der Waals surface area contributed by atoms with E-state index < -0.39 is 12.0 Å². The van der Waals surface area contributed by atoms with E-state index >= 15 is 0 Å². The Balaban J connectivity index is 2.39. The molecule has 0 radical (unpaired) electrons. The van der Waals surface area contributed by atoms with Crippen LogP contribution < -0.4 is 5.32 Å². The molecule has 106 valence electrons. The number of carboxylic acid groups (broad SMARTS) is 1. The third-order valence-electron chi connectivity index (χ3n) is 2.93. The predicted octanol–water partition coefficient (Wildman–Crippen LogP) is 1.65. The number of carbonyl (C=O) groups is 2. The summed E-state index contributed by atoms with van der Waals surface area (Å²) in [6.07, 6.45) is 8.10. The molecule has 1 unspecified atom stereocenters. The number of rotatable bonds is 8. The molecule has 1 amide bonds. The summed E-state index contributed by atoms with van der Waals surface area (Å²) in [5, 5.41) is 11.5. The van der Waals surface area contributed by atoms with Crippen molar-refractivity contribution in [2.75, 3.05) is 13.2 Å². The second-order valence-corrected chi connectivity index (χ2v) is 4.57. The van der Waals surface area contributed by atoms with E-state index in [0.717, 1.165) is 31.3 Å². The van der Waals surface area contributed by atoms with Crippen LogP contribution in [0.2, 0.25) is 0 Å². The Kier molecular flexibility index (Phi) is 6.89. The quantitative estimate of drug-likeness (QED) is 0.518. The van der Waals surface area contributed by atoms with E-state index in [1.54, 1.807) is 0 Å². The van der Waals surface area contributed by atoms with Gasteiger partial charge in [0, 0.05) is 6.42 Å². The molecule has 0 spiro atoms. The summed E-state index contributed by atoms with van der Waals surface area (Å²) < 4.78 is 5.07. The van der Waals surface area contributed by atoms with Crippen LogP contribution in [0.5, 0.6) is 0 Å². The smallest absolute Gasteiger partial charge is 0.328 e. The Morgan fingerprint density at radius 2 is 2.32 bits per heavy atom. The van der Waals surface area contributed by atoms with Gasteiger partial charge in [0.15, 0.2) is 6.04 Å². The molecule has 0 aromatic carbocycles. The van der Waals surface area contributed by atoms with Crippen molar-refractivity contribution in [2.24, 2.45) is 0 Å². The van der Waals surface area contributed by atoms with E-state index in [1.165, 1.54) is 6.08 Å². The first-order valence-electron chi connectivity index (χ1n) is 6.52. The number of allylic oxidation sites excluding steroid dienone is 1. The normalized spacial score (nSPS) is 16.3. The molecule has 1 atom stereocenters. The van der Waals surface area contributed by atoms with Crippen molar-refractivity contribution >= 4 is 11.9 Å². The SMILES string of the molecule is C=CCOCC(NC(=O)CC1=CCCCC1)C(=O)O. The molecule has 0 saturated heterocycles. The molecule has 0 bridgehead atoms. The van der Waals surface area contributed by atoms with Gasteiger partial charge in [-0.3, -0.25) is 4.79 Å². The monoisotopic (exact) mass is 267 g/mol. The minimum atomic E-state index is -1.09. The molecule has 2 N–H and O–H groups in total. The molecular weight excluding hydrogens is 246 g/mol. The number of carbonyl (C=O) groups excluding carboxylic acids is 1. The largest absolute Gasteiger partial charge is 0.480 e. The highest BCUT2D eigenvalue weighted by Crippen LogP contribution is 2.19. The zero-order valence-electron chi connectivity index (χ0n) is 11.1. The fraction of sp³-hybridized carbons (Fsp3) is 0.571. The van der Waals surface area contributed by atoms with E-state index in [-0.39, 0.29) is 25.5 Å². The third kappa shape index (κ3) is 6.20. The summed E-state index contributed by atoms with van der Waals surface area (Å²) in [4.78, 5) is 22.8. The molecule has 1 rings (SSSR count). The van der Waals surface area contributed by atoms with Crippen molar-refractivity contribution in [3.05, 3.63) is 24.3 Å². The second-order valence-electron chi connectivity index (χ2n) is 4.57. The third-order valence-corrected chi connectivity index (χ3v) is 2.93. The van der Waals surface area contributed by atoms with Crippen LogP contribution in [0.15, 0.2) is 24.3 Å². The topological polar surface area (TPSA) is 75.6 Å². The van der Waals surface area contributed by atoms with E-state index in [0.29, 0.717) is 0 Å². The Morgan fingerprint density at radius 1 is 1.53 bits per heavy atom. The summed E-state index contributed by atoms with van der Waals surface area (Å²) in [7, 11) is 0. The van der Waals surface area contributed by atoms with Crippen LogP contribution in [0.1, 0.15) is 32.1 Å². The maximum absolute atomic E-state index is 11.8. The first kappa shape index (κ1) is 15.4. The average molecular weight is 267 g/mol. The van der Waals surface area contributed by atoms with E-state index in [4.69, 9.17) is 9.84 Å². The Bertz CT molecular complexity index is 362. The summed E-state index contributed by atoms with van der Waals surface area (Å²) in [5.74, 6) is -1.35. The summed E-state index contributed by atoms with van der Waals surface area (Å²) in [6.45, 7) is 3.69. The van der Waals surface area contributed by atoms with Crippen LogP contribution in [0.3, 0.4) is 0 Å². The Morgan fingerprint density at radius 3 is 2.89 bits per heavy atom. The molecule has 5 heteroatoms. The van der Waals surface area contributed by atoms with Gasteiger partial charge >= 0.3 is 5.97 Å². The highest BCUT2D eigenvalue weighted by atomic mass is 16.5. The van der Waals surface area contributed by atoms with Gasteiger partial charge in [-0.1, -0.05) is 17.7 Å². The first-order chi connectivity index (χ1) is 9.13. The fourth-order valence-corrected chi connectivity index (χ4v) is 1.96. The summed E-state index contributed by atoms with van der Waals surface area (Å²) >= 11 is 0. The van der Waals surface area contributed by atoms with E-state index in [9.17, 15) is 9.59 Å². The molecule has 0 fully saturated rings. The van der Waals surface area contributed by atoms with Crippen molar-refractivity contribution in [1.29, 1.82) is 0 Å². The molecule has 0 heterocycles. The zero-order valence-corrected chi connectivity index (χ0v) is 11.1. The fourth-order valence-electron chi connectivity index (χ4n) is 1.96. The molecule has 19 heavy (non-hydrogen) atoms. The van der Waals surface area contributed by atoms with Gasteiger partial charge in [-0.2, -0.15) is 0 Å². The standard InChI is InChI=1S/C14H21NO4/c1-2-8-19-10-12(14(17)18)15-13(16)9-11-6-4-3-5-7-11/h2,6,12H,1,3-5,7-10H2,(H,15,16)(H,17,18). The van der Waals surface area contributed by atoms with Gasteiger partial charge < -0.3 is 15.2 Å². The number of aliphatic carboxylic acids is 1. The van der Waals surface area contributed by atoms with Crippen LogP contribution >= 0.6 is 0 Å². The number of carboxylic acids is 1. The second kappa shape index (κ2) is 8.48. The number of hydrogen-bond acceptors (Lipinski definition) is 3. The van der Waals surface area contributed by atoms with Gasteiger partial charge in [0.05, 0.1) is 13.2 Å². The average Bonchev–Trinajstić information content (AvgIpc) is 2.38. The summed E-state index contributed by atoms with van der Waals surface area (Å²) in [6, 6.07) is -1.00. The van der Waals surface area contributed by atoms with Gasteiger partial charge in [-0.05, 0) is 25.7 Å². The van der Waals surface area contributed by atoms with Crippen LogP contribution in [-0.2, 0) is 14.3 Å². The molecule has 0 aromatic rings. The van der Waals surface area contributed by atoms with Crippen LogP contribution in [0.25, 0.3) is 0 Å². The summed E-state index contributed by atoms with van der Waals surface area (Å²) in [5.41, 5.74) is 1.10. The van der Waals surface area contributed by atoms with E-state index in [1.807, 2.05) is 0 Å². The minimum Gasteiger partial charge on any atom is -0.480 e. The lowest BCUT2D eigenvalue weighted by atomic mass is 9.97. The van der Waals surface area contributed by atoms with Crippen molar-refractivity contribution in [1.82, 2.24) is 5.32 Å². The lowest BCUT2D eigenvalue weighted by molar-refractivity contribution is -0.143. The number of ether oxygens (including phenoxy) is 1. The number of amides is 1. The molecule has 0 saturated carbocycles. The highest BCUT2D eigenvalue weighted by molar-refractivity contribution is 5.84. The van der Waals surface area contributed by atoms with Gasteiger partial charge in [0.2, 0.25) is 5.91 Å². The molecule has 0 aromatic heterocycles. The number of hydrogen-bond donors (Lipinski definition) is 2. The van der Waals surface area contributed by atoms with Crippen LogP contribution in [-0.4, -0.2) is 36.2 Å². The van der Waals surface area contributed by atoms with Crippen LogP contribution in [0.4, 0.5) is 0 Å². The maximum Gasteiger partial charge on any atom is 0.328 e. The lowest BCUT2D eigenvalue weighted by Crippen LogP contribution is -2.44. The minimum absolute atomic E-state index is 0.0495. The maximum atomic E-state index is 11.8. The molecular formula is C14H21NO4. The van der Waals surface area contributed by atoms with Gasteiger partial charge in [-0.15, -0.1) is 6.58 Å². The lowest BCUT2D eigenvalue weighted by Gasteiger charge is -2.16. The highest BCUT2D eigenvalue weighted by Gasteiger charge is 2.20. The first-order valence-corrected chi connectivity index (χ1v) is 6.52.